The maximum atomic E-state index is 5.49. The first kappa shape index (κ1) is 10.6. The minimum Gasteiger partial charge on any atom is -0.382 e. The van der Waals surface area contributed by atoms with Crippen LogP contribution in [0.3, 0.4) is 0 Å². The van der Waals surface area contributed by atoms with Gasteiger partial charge in [0.15, 0.2) is 0 Å². The van der Waals surface area contributed by atoms with Crippen molar-refractivity contribution in [2.75, 3.05) is 13.7 Å². The van der Waals surface area contributed by atoms with Gasteiger partial charge < -0.3 is 9.47 Å². The molecule has 4 heteroatoms. The molecule has 0 amide bonds. The van der Waals surface area contributed by atoms with Gasteiger partial charge in [0, 0.05) is 16.1 Å². The lowest BCUT2D eigenvalue weighted by molar-refractivity contribution is 0.171. The molecule has 0 aromatic heterocycles. The molecule has 2 rings (SSSR count). The molecule has 1 aromatic carbocycles. The van der Waals surface area contributed by atoms with Crippen molar-refractivity contribution in [2.45, 2.75) is 12.2 Å². The van der Waals surface area contributed by atoms with Crippen LogP contribution in [-0.4, -0.2) is 19.8 Å². The first-order valence-electron chi connectivity index (χ1n) is 4.31. The van der Waals surface area contributed by atoms with Gasteiger partial charge in [0.05, 0.1) is 6.61 Å². The Morgan fingerprint density at radius 3 is 2.50 bits per heavy atom. The van der Waals surface area contributed by atoms with Crippen molar-refractivity contribution in [3.63, 3.8) is 0 Å². The second kappa shape index (κ2) is 4.31. The van der Waals surface area contributed by atoms with Gasteiger partial charge in [-0.3, -0.25) is 0 Å². The quantitative estimate of drug-likeness (QED) is 0.797. The third kappa shape index (κ3) is 2.37. The molecule has 0 aliphatic carbocycles. The molecule has 2 atom stereocenters. The molecule has 0 N–H and O–H groups in total. The second-order valence-electron chi connectivity index (χ2n) is 3.25. The zero-order valence-corrected chi connectivity index (χ0v) is 10.8. The summed E-state index contributed by atoms with van der Waals surface area (Å²) in [5.41, 5.74) is 1.19. The van der Waals surface area contributed by atoms with Crippen molar-refractivity contribution in [1.29, 1.82) is 0 Å². The van der Waals surface area contributed by atoms with Gasteiger partial charge in [-0.2, -0.15) is 0 Å². The van der Waals surface area contributed by atoms with Crippen molar-refractivity contribution < 1.29 is 9.47 Å². The first-order chi connectivity index (χ1) is 6.70. The molecule has 0 unspecified atom stereocenters. The number of hydrogen-bond donors (Lipinski definition) is 0. The van der Waals surface area contributed by atoms with Gasteiger partial charge in [-0.15, -0.1) is 0 Å². The predicted molar refractivity (Wildman–Crippen MR) is 61.3 cm³/mol. The van der Waals surface area contributed by atoms with E-state index in [1.165, 1.54) is 5.56 Å². The fraction of sp³-hybridized carbons (Fsp3) is 0.400. The summed E-state index contributed by atoms with van der Waals surface area (Å²) in [6, 6.07) is 6.16. The molecule has 0 radical (unpaired) electrons. The average molecular weight is 322 g/mol. The van der Waals surface area contributed by atoms with E-state index in [4.69, 9.17) is 9.47 Å². The zero-order chi connectivity index (χ0) is 10.1. The van der Waals surface area contributed by atoms with E-state index in [0.717, 1.165) is 8.95 Å². The van der Waals surface area contributed by atoms with Crippen LogP contribution in [0.4, 0.5) is 0 Å². The van der Waals surface area contributed by atoms with Crippen LogP contribution in [-0.2, 0) is 9.47 Å². The van der Waals surface area contributed by atoms with Crippen LogP contribution in [0, 0.1) is 0 Å². The SMILES string of the molecule is COC[C@@H]1O[C@@H]1c1cc(Br)cc(Br)c1. The molecular weight excluding hydrogens is 312 g/mol. The Balaban J connectivity index is 2.11. The van der Waals surface area contributed by atoms with Crippen molar-refractivity contribution in [3.8, 4) is 0 Å². The summed E-state index contributed by atoms with van der Waals surface area (Å²) in [6.07, 6.45) is 0.421. The van der Waals surface area contributed by atoms with Crippen LogP contribution < -0.4 is 0 Å². The van der Waals surface area contributed by atoms with Gasteiger partial charge in [0.2, 0.25) is 0 Å². The highest BCUT2D eigenvalue weighted by molar-refractivity contribution is 9.11. The molecule has 0 saturated carbocycles. The maximum Gasteiger partial charge on any atom is 0.112 e. The number of ether oxygens (including phenoxy) is 2. The van der Waals surface area contributed by atoms with Crippen molar-refractivity contribution in [1.82, 2.24) is 0 Å². The lowest BCUT2D eigenvalue weighted by Crippen LogP contribution is -1.98. The van der Waals surface area contributed by atoms with Gasteiger partial charge in [-0.05, 0) is 23.8 Å². The number of epoxide rings is 1. The highest BCUT2D eigenvalue weighted by atomic mass is 79.9. The normalized spacial score (nSPS) is 25.1. The number of rotatable bonds is 3. The molecule has 1 heterocycles. The largest absolute Gasteiger partial charge is 0.382 e. The molecular formula is C10H10Br2O2. The smallest absolute Gasteiger partial charge is 0.112 e. The Hall–Kier alpha value is 0.1000. The number of methoxy groups -OCH3 is 1. The Kier molecular flexibility index (Phi) is 3.27. The summed E-state index contributed by atoms with van der Waals surface area (Å²) in [7, 11) is 1.69. The van der Waals surface area contributed by atoms with Crippen LogP contribution in [0.5, 0.6) is 0 Å². The summed E-state index contributed by atoms with van der Waals surface area (Å²) in [6.45, 7) is 0.662. The lowest BCUT2D eigenvalue weighted by atomic mass is 10.1. The molecule has 0 bridgehead atoms. The van der Waals surface area contributed by atoms with E-state index < -0.39 is 0 Å². The van der Waals surface area contributed by atoms with Gasteiger partial charge in [0.1, 0.15) is 12.2 Å². The highest BCUT2D eigenvalue weighted by Gasteiger charge is 2.40. The van der Waals surface area contributed by atoms with Crippen molar-refractivity contribution >= 4 is 31.9 Å². The van der Waals surface area contributed by atoms with Gasteiger partial charge in [-0.25, -0.2) is 0 Å². The highest BCUT2D eigenvalue weighted by Crippen LogP contribution is 2.40. The van der Waals surface area contributed by atoms with Crippen LogP contribution in [0.25, 0.3) is 0 Å². The van der Waals surface area contributed by atoms with Crippen LogP contribution in [0.2, 0.25) is 0 Å². The minimum absolute atomic E-state index is 0.198. The fourth-order valence-corrected chi connectivity index (χ4v) is 2.80. The van der Waals surface area contributed by atoms with E-state index in [1.54, 1.807) is 7.11 Å². The Morgan fingerprint density at radius 2 is 1.93 bits per heavy atom. The molecule has 14 heavy (non-hydrogen) atoms. The molecule has 1 aliphatic rings. The van der Waals surface area contributed by atoms with Gasteiger partial charge >= 0.3 is 0 Å². The van der Waals surface area contributed by atoms with E-state index in [9.17, 15) is 0 Å². The molecule has 1 fully saturated rings. The lowest BCUT2D eigenvalue weighted by Gasteiger charge is -1.99. The first-order valence-corrected chi connectivity index (χ1v) is 5.89. The Labute approximate surface area is 99.8 Å². The third-order valence-corrected chi connectivity index (χ3v) is 3.04. The average Bonchev–Trinajstić information content (AvgIpc) is 2.82. The Morgan fingerprint density at radius 1 is 1.29 bits per heavy atom. The van der Waals surface area contributed by atoms with Crippen molar-refractivity contribution in [3.05, 3.63) is 32.7 Å². The van der Waals surface area contributed by atoms with Gasteiger partial charge in [-0.1, -0.05) is 31.9 Å². The van der Waals surface area contributed by atoms with E-state index >= 15 is 0 Å². The maximum absolute atomic E-state index is 5.49. The number of halogens is 2. The van der Waals surface area contributed by atoms with E-state index in [-0.39, 0.29) is 12.2 Å². The predicted octanol–water partition coefficient (Wildman–Crippen LogP) is 3.30. The summed E-state index contributed by atoms with van der Waals surface area (Å²) in [5, 5.41) is 0. The molecule has 1 aromatic rings. The van der Waals surface area contributed by atoms with Crippen molar-refractivity contribution in [2.24, 2.45) is 0 Å². The topological polar surface area (TPSA) is 21.8 Å². The van der Waals surface area contributed by atoms with E-state index in [1.807, 2.05) is 6.07 Å². The van der Waals surface area contributed by atoms with Gasteiger partial charge in [0.25, 0.3) is 0 Å². The standard InChI is InChI=1S/C10H10Br2O2/c1-13-5-9-10(14-9)6-2-7(11)4-8(12)3-6/h2-4,9-10H,5H2,1H3/t9-,10+/m0/s1. The van der Waals surface area contributed by atoms with E-state index in [0.29, 0.717) is 6.61 Å². The fourth-order valence-electron chi connectivity index (χ4n) is 1.47. The molecule has 2 nitrogen and oxygen atoms in total. The van der Waals surface area contributed by atoms with Crippen LogP contribution >= 0.6 is 31.9 Å². The number of hydrogen-bond acceptors (Lipinski definition) is 2. The third-order valence-electron chi connectivity index (χ3n) is 2.13. The molecule has 1 aliphatic heterocycles. The van der Waals surface area contributed by atoms with Crippen LogP contribution in [0.15, 0.2) is 27.1 Å². The summed E-state index contributed by atoms with van der Waals surface area (Å²) in [4.78, 5) is 0. The molecule has 0 spiro atoms. The number of benzene rings is 1. The second-order valence-corrected chi connectivity index (χ2v) is 5.08. The molecule has 76 valence electrons. The summed E-state index contributed by atoms with van der Waals surface area (Å²) >= 11 is 6.90. The monoisotopic (exact) mass is 320 g/mol. The molecule has 1 saturated heterocycles. The Bertz CT molecular complexity index is 321. The summed E-state index contributed by atoms with van der Waals surface area (Å²) in [5.74, 6) is 0. The van der Waals surface area contributed by atoms with Crippen LogP contribution in [0.1, 0.15) is 11.7 Å². The van der Waals surface area contributed by atoms with E-state index in [2.05, 4.69) is 44.0 Å². The summed E-state index contributed by atoms with van der Waals surface area (Å²) < 4.78 is 12.6. The minimum atomic E-state index is 0.198. The zero-order valence-electron chi connectivity index (χ0n) is 7.67.